The van der Waals surface area contributed by atoms with Gasteiger partial charge < -0.3 is 5.32 Å². The number of hydrogen-bond donors (Lipinski definition) is 1. The molecule has 0 atom stereocenters. The lowest BCUT2D eigenvalue weighted by Crippen LogP contribution is -2.13. The van der Waals surface area contributed by atoms with Crippen molar-refractivity contribution >= 4 is 17.2 Å². The topological polar surface area (TPSA) is 77.1 Å². The van der Waals surface area contributed by atoms with Gasteiger partial charge in [0.15, 0.2) is 5.65 Å². The zero-order chi connectivity index (χ0) is 16.5. The van der Waals surface area contributed by atoms with Gasteiger partial charge in [0.1, 0.15) is 11.3 Å². The van der Waals surface area contributed by atoms with Crippen LogP contribution >= 0.6 is 0 Å². The molecule has 4 rings (SSSR count). The monoisotopic (exact) mass is 328 g/mol. The molecule has 0 aromatic carbocycles. The SMILES string of the molecule is O=C(Nc1cn(C2CCCCC2)nc1F)c1cnn2cccnc12. The third kappa shape index (κ3) is 2.64. The van der Waals surface area contributed by atoms with E-state index >= 15 is 0 Å². The minimum absolute atomic E-state index is 0.0841. The van der Waals surface area contributed by atoms with Crippen molar-refractivity contribution in [3.8, 4) is 0 Å². The zero-order valence-corrected chi connectivity index (χ0v) is 13.0. The van der Waals surface area contributed by atoms with Crippen LogP contribution in [0.3, 0.4) is 0 Å². The molecule has 3 aromatic heterocycles. The summed E-state index contributed by atoms with van der Waals surface area (Å²) >= 11 is 0. The summed E-state index contributed by atoms with van der Waals surface area (Å²) in [6.07, 6.45) is 11.7. The van der Waals surface area contributed by atoms with Crippen LogP contribution in [0.4, 0.5) is 10.1 Å². The highest BCUT2D eigenvalue weighted by Crippen LogP contribution is 2.29. The molecule has 0 radical (unpaired) electrons. The van der Waals surface area contributed by atoms with Crippen LogP contribution in [0.5, 0.6) is 0 Å². The third-order valence-electron chi connectivity index (χ3n) is 4.41. The van der Waals surface area contributed by atoms with Gasteiger partial charge in [-0.2, -0.15) is 9.49 Å². The molecule has 0 unspecified atom stereocenters. The Bertz CT molecular complexity index is 880. The molecule has 1 fully saturated rings. The van der Waals surface area contributed by atoms with Crippen molar-refractivity contribution in [2.45, 2.75) is 38.1 Å². The summed E-state index contributed by atoms with van der Waals surface area (Å²) in [5.41, 5.74) is 0.802. The van der Waals surface area contributed by atoms with E-state index in [0.717, 1.165) is 25.7 Å². The first-order chi connectivity index (χ1) is 11.7. The lowest BCUT2D eigenvalue weighted by atomic mass is 9.96. The minimum atomic E-state index is -0.668. The Hall–Kier alpha value is -2.77. The predicted octanol–water partition coefficient (Wildman–Crippen LogP) is 2.82. The average Bonchev–Trinajstić information content (AvgIpc) is 3.20. The molecular formula is C16H17FN6O. The summed E-state index contributed by atoms with van der Waals surface area (Å²) in [7, 11) is 0. The highest BCUT2D eigenvalue weighted by Gasteiger charge is 2.21. The summed E-state index contributed by atoms with van der Waals surface area (Å²) in [6, 6.07) is 1.92. The molecule has 24 heavy (non-hydrogen) atoms. The molecule has 7 nitrogen and oxygen atoms in total. The number of halogens is 1. The number of rotatable bonds is 3. The second-order valence-corrected chi connectivity index (χ2v) is 6.01. The maximum atomic E-state index is 14.1. The molecule has 1 aliphatic carbocycles. The first kappa shape index (κ1) is 14.8. The average molecular weight is 328 g/mol. The minimum Gasteiger partial charge on any atom is -0.317 e. The fourth-order valence-electron chi connectivity index (χ4n) is 3.16. The standard InChI is InChI=1S/C16H17FN6O/c17-14-13(10-23(21-14)11-5-2-1-3-6-11)20-16(24)12-9-19-22-8-4-7-18-15(12)22/h4,7-11H,1-3,5-6H2,(H,20,24). The molecule has 1 aliphatic rings. The van der Waals surface area contributed by atoms with Gasteiger partial charge in [-0.3, -0.25) is 9.48 Å². The highest BCUT2D eigenvalue weighted by molar-refractivity contribution is 6.08. The third-order valence-corrected chi connectivity index (χ3v) is 4.41. The molecule has 1 saturated carbocycles. The second kappa shape index (κ2) is 6.03. The number of nitrogens with one attached hydrogen (secondary N) is 1. The van der Waals surface area contributed by atoms with Crippen molar-refractivity contribution in [1.29, 1.82) is 0 Å². The maximum Gasteiger partial charge on any atom is 0.261 e. The number of amides is 1. The van der Waals surface area contributed by atoms with E-state index in [1.54, 1.807) is 29.3 Å². The van der Waals surface area contributed by atoms with Gasteiger partial charge in [-0.15, -0.1) is 5.10 Å². The fraction of sp³-hybridized carbons (Fsp3) is 0.375. The van der Waals surface area contributed by atoms with E-state index in [9.17, 15) is 9.18 Å². The summed E-state index contributed by atoms with van der Waals surface area (Å²) in [5, 5.41) is 10.6. The molecule has 0 saturated heterocycles. The van der Waals surface area contributed by atoms with Crippen molar-refractivity contribution in [1.82, 2.24) is 24.4 Å². The first-order valence-electron chi connectivity index (χ1n) is 8.07. The van der Waals surface area contributed by atoms with E-state index in [4.69, 9.17) is 0 Å². The zero-order valence-electron chi connectivity index (χ0n) is 13.0. The van der Waals surface area contributed by atoms with Gasteiger partial charge >= 0.3 is 0 Å². The molecule has 8 heteroatoms. The van der Waals surface area contributed by atoms with Crippen LogP contribution in [-0.4, -0.2) is 30.3 Å². The summed E-state index contributed by atoms with van der Waals surface area (Å²) in [4.78, 5) is 16.5. The number of carbonyl (C=O) groups excluding carboxylic acids is 1. The second-order valence-electron chi connectivity index (χ2n) is 6.01. The molecule has 0 spiro atoms. The van der Waals surface area contributed by atoms with Gasteiger partial charge in [0.2, 0.25) is 0 Å². The normalized spacial score (nSPS) is 15.7. The summed E-state index contributed by atoms with van der Waals surface area (Å²) in [5.74, 6) is -1.12. The highest BCUT2D eigenvalue weighted by atomic mass is 19.1. The fourth-order valence-corrected chi connectivity index (χ4v) is 3.16. The van der Waals surface area contributed by atoms with Crippen LogP contribution < -0.4 is 5.32 Å². The van der Waals surface area contributed by atoms with Gasteiger partial charge in [-0.25, -0.2) is 9.50 Å². The van der Waals surface area contributed by atoms with E-state index in [-0.39, 0.29) is 11.7 Å². The molecule has 3 aromatic rings. The Morgan fingerprint density at radius 3 is 2.96 bits per heavy atom. The molecule has 124 valence electrons. The smallest absolute Gasteiger partial charge is 0.261 e. The number of fused-ring (bicyclic) bond motifs is 1. The van der Waals surface area contributed by atoms with E-state index in [1.807, 2.05) is 0 Å². The summed E-state index contributed by atoms with van der Waals surface area (Å²) < 4.78 is 17.2. The Morgan fingerprint density at radius 1 is 1.29 bits per heavy atom. The van der Waals surface area contributed by atoms with E-state index < -0.39 is 11.9 Å². The van der Waals surface area contributed by atoms with Crippen LogP contribution in [-0.2, 0) is 0 Å². The van der Waals surface area contributed by atoms with Gasteiger partial charge in [0.05, 0.1) is 18.4 Å². The quantitative estimate of drug-likeness (QED) is 0.802. The van der Waals surface area contributed by atoms with Gasteiger partial charge in [-0.1, -0.05) is 19.3 Å². The molecular weight excluding hydrogens is 311 g/mol. The molecule has 0 aliphatic heterocycles. The van der Waals surface area contributed by atoms with E-state index in [2.05, 4.69) is 20.5 Å². The van der Waals surface area contributed by atoms with Gasteiger partial charge in [0.25, 0.3) is 11.9 Å². The largest absolute Gasteiger partial charge is 0.317 e. The van der Waals surface area contributed by atoms with Crippen molar-refractivity contribution < 1.29 is 9.18 Å². The Kier molecular flexibility index (Phi) is 3.72. The van der Waals surface area contributed by atoms with Crippen molar-refractivity contribution in [2.24, 2.45) is 0 Å². The molecule has 0 bridgehead atoms. The van der Waals surface area contributed by atoms with E-state index in [1.165, 1.54) is 17.1 Å². The number of nitrogens with zero attached hydrogens (tertiary/aromatic N) is 5. The van der Waals surface area contributed by atoms with E-state index in [0.29, 0.717) is 11.2 Å². The van der Waals surface area contributed by atoms with Crippen LogP contribution in [0.15, 0.2) is 30.9 Å². The Balaban J connectivity index is 1.56. The Morgan fingerprint density at radius 2 is 2.12 bits per heavy atom. The molecule has 1 N–H and O–H groups in total. The van der Waals surface area contributed by atoms with Crippen LogP contribution in [0.25, 0.3) is 5.65 Å². The lowest BCUT2D eigenvalue weighted by molar-refractivity contribution is 0.102. The molecule has 3 heterocycles. The summed E-state index contributed by atoms with van der Waals surface area (Å²) in [6.45, 7) is 0. The first-order valence-corrected chi connectivity index (χ1v) is 8.07. The van der Waals surface area contributed by atoms with Crippen LogP contribution in [0.2, 0.25) is 0 Å². The molecule has 1 amide bonds. The van der Waals surface area contributed by atoms with Crippen LogP contribution in [0.1, 0.15) is 48.5 Å². The Labute approximate surface area is 137 Å². The van der Waals surface area contributed by atoms with Crippen LogP contribution in [0, 0.1) is 5.95 Å². The maximum absolute atomic E-state index is 14.1. The van der Waals surface area contributed by atoms with Crippen molar-refractivity contribution in [2.75, 3.05) is 5.32 Å². The number of anilines is 1. The van der Waals surface area contributed by atoms with Gasteiger partial charge in [-0.05, 0) is 18.9 Å². The predicted molar refractivity (Wildman–Crippen MR) is 85.2 cm³/mol. The number of carbonyl (C=O) groups is 1. The van der Waals surface area contributed by atoms with Crippen molar-refractivity contribution in [3.05, 3.63) is 42.4 Å². The number of hydrogen-bond acceptors (Lipinski definition) is 4. The number of aromatic nitrogens is 5. The van der Waals surface area contributed by atoms with Crippen molar-refractivity contribution in [3.63, 3.8) is 0 Å². The van der Waals surface area contributed by atoms with Gasteiger partial charge in [0, 0.05) is 12.4 Å². The lowest BCUT2D eigenvalue weighted by Gasteiger charge is -2.21.